The van der Waals surface area contributed by atoms with Crippen molar-refractivity contribution in [3.63, 3.8) is 0 Å². The van der Waals surface area contributed by atoms with E-state index in [1.165, 1.54) is 18.4 Å². The van der Waals surface area contributed by atoms with Crippen molar-refractivity contribution >= 4 is 17.3 Å². The summed E-state index contributed by atoms with van der Waals surface area (Å²) in [6.45, 7) is 1.91. The summed E-state index contributed by atoms with van der Waals surface area (Å²) >= 11 is 6.03. The van der Waals surface area contributed by atoms with Crippen LogP contribution in [0.15, 0.2) is 0 Å². The van der Waals surface area contributed by atoms with Crippen LogP contribution >= 0.6 is 11.6 Å². The van der Waals surface area contributed by atoms with Crippen molar-refractivity contribution in [3.8, 4) is 0 Å². The first-order chi connectivity index (χ1) is 6.20. The van der Waals surface area contributed by atoms with Crippen molar-refractivity contribution in [1.82, 2.24) is 4.98 Å². The van der Waals surface area contributed by atoms with Crippen molar-refractivity contribution in [2.75, 3.05) is 5.73 Å². The summed E-state index contributed by atoms with van der Waals surface area (Å²) in [4.78, 5) is 4.46. The van der Waals surface area contributed by atoms with Crippen molar-refractivity contribution in [3.05, 3.63) is 22.0 Å². The first-order valence-electron chi connectivity index (χ1n) is 4.63. The molecule has 2 rings (SSSR count). The molecule has 1 aromatic heterocycles. The minimum Gasteiger partial charge on any atom is -0.397 e. The normalized spacial score (nSPS) is 15.5. The van der Waals surface area contributed by atoms with Gasteiger partial charge in [0.1, 0.15) is 0 Å². The zero-order chi connectivity index (χ0) is 9.42. The number of pyridine rings is 1. The third-order valence-electron chi connectivity index (χ3n) is 2.62. The predicted molar refractivity (Wildman–Crippen MR) is 55.0 cm³/mol. The number of halogens is 1. The number of rotatable bonds is 0. The maximum absolute atomic E-state index is 6.03. The highest BCUT2D eigenvalue weighted by molar-refractivity contribution is 6.33. The van der Waals surface area contributed by atoms with E-state index in [0.717, 1.165) is 29.9 Å². The molecule has 0 aromatic carbocycles. The van der Waals surface area contributed by atoms with E-state index >= 15 is 0 Å². The number of anilines is 1. The molecule has 1 aromatic rings. The Morgan fingerprint density at radius 1 is 1.31 bits per heavy atom. The van der Waals surface area contributed by atoms with Crippen LogP contribution in [0, 0.1) is 6.92 Å². The molecule has 1 heterocycles. The zero-order valence-corrected chi connectivity index (χ0v) is 8.49. The molecule has 0 fully saturated rings. The number of aromatic nitrogens is 1. The number of nitrogen functional groups attached to an aromatic ring is 1. The summed E-state index contributed by atoms with van der Waals surface area (Å²) < 4.78 is 0. The van der Waals surface area contributed by atoms with Crippen LogP contribution in [-0.2, 0) is 12.8 Å². The lowest BCUT2D eigenvalue weighted by molar-refractivity contribution is 0.667. The highest BCUT2D eigenvalue weighted by Gasteiger charge is 2.16. The molecule has 0 aliphatic heterocycles. The molecule has 13 heavy (non-hydrogen) atoms. The summed E-state index contributed by atoms with van der Waals surface area (Å²) in [7, 11) is 0. The highest BCUT2D eigenvalue weighted by atomic mass is 35.5. The molecule has 0 unspecified atom stereocenters. The molecule has 0 spiro atoms. The molecular weight excluding hydrogens is 184 g/mol. The van der Waals surface area contributed by atoms with Crippen LogP contribution in [0.2, 0.25) is 5.02 Å². The molecule has 1 aliphatic carbocycles. The van der Waals surface area contributed by atoms with Gasteiger partial charge >= 0.3 is 0 Å². The Bertz CT molecular complexity index is 347. The fourth-order valence-corrected chi connectivity index (χ4v) is 2.04. The van der Waals surface area contributed by atoms with Gasteiger partial charge in [0.15, 0.2) is 0 Å². The minimum atomic E-state index is 0.639. The van der Waals surface area contributed by atoms with E-state index in [4.69, 9.17) is 17.3 Å². The molecule has 0 bridgehead atoms. The van der Waals surface area contributed by atoms with E-state index in [1.54, 1.807) is 0 Å². The van der Waals surface area contributed by atoms with E-state index in [9.17, 15) is 0 Å². The second-order valence-electron chi connectivity index (χ2n) is 3.56. The predicted octanol–water partition coefficient (Wildman–Crippen LogP) is 2.50. The van der Waals surface area contributed by atoms with Gasteiger partial charge in [0.25, 0.3) is 0 Å². The smallest absolute Gasteiger partial charge is 0.0850 e. The summed E-state index contributed by atoms with van der Waals surface area (Å²) in [5.74, 6) is 0. The number of fused-ring (bicyclic) bond motifs is 1. The van der Waals surface area contributed by atoms with Gasteiger partial charge in [0.2, 0.25) is 0 Å². The Labute approximate surface area is 83.1 Å². The Kier molecular flexibility index (Phi) is 2.16. The largest absolute Gasteiger partial charge is 0.397 e. The van der Waals surface area contributed by atoms with Crippen LogP contribution in [0.1, 0.15) is 29.8 Å². The zero-order valence-electron chi connectivity index (χ0n) is 7.73. The van der Waals surface area contributed by atoms with Gasteiger partial charge in [-0.15, -0.1) is 0 Å². The molecule has 70 valence electrons. The quantitative estimate of drug-likeness (QED) is 0.693. The third-order valence-corrected chi connectivity index (χ3v) is 3.10. The van der Waals surface area contributed by atoms with E-state index < -0.39 is 0 Å². The second kappa shape index (κ2) is 3.18. The van der Waals surface area contributed by atoms with Crippen molar-refractivity contribution in [1.29, 1.82) is 0 Å². The Balaban J connectivity index is 2.60. The average Bonchev–Trinajstić information content (AvgIpc) is 2.15. The van der Waals surface area contributed by atoms with Crippen LogP contribution in [0.3, 0.4) is 0 Å². The van der Waals surface area contributed by atoms with Gasteiger partial charge in [-0.25, -0.2) is 0 Å². The summed E-state index contributed by atoms with van der Waals surface area (Å²) in [5, 5.41) is 0.639. The standard InChI is InChI=1S/C10H13ClN2/c1-6-9(11)10(12)7-4-2-3-5-8(7)13-6/h2-5H2,1H3,(H2,12,13). The molecule has 2 N–H and O–H groups in total. The van der Waals surface area contributed by atoms with Gasteiger partial charge in [-0.1, -0.05) is 11.6 Å². The third kappa shape index (κ3) is 1.39. The first kappa shape index (κ1) is 8.82. The lowest BCUT2D eigenvalue weighted by atomic mass is 9.94. The topological polar surface area (TPSA) is 38.9 Å². The summed E-state index contributed by atoms with van der Waals surface area (Å²) in [5.41, 5.74) is 9.89. The Morgan fingerprint density at radius 2 is 2.00 bits per heavy atom. The summed E-state index contributed by atoms with van der Waals surface area (Å²) in [6.07, 6.45) is 4.52. The van der Waals surface area contributed by atoms with Crippen molar-refractivity contribution < 1.29 is 0 Å². The highest BCUT2D eigenvalue weighted by Crippen LogP contribution is 2.31. The fourth-order valence-electron chi connectivity index (χ4n) is 1.88. The molecule has 0 saturated heterocycles. The lowest BCUT2D eigenvalue weighted by Gasteiger charge is -2.18. The van der Waals surface area contributed by atoms with Gasteiger partial charge in [0, 0.05) is 5.69 Å². The first-order valence-corrected chi connectivity index (χ1v) is 5.01. The van der Waals surface area contributed by atoms with E-state index in [1.807, 2.05) is 6.92 Å². The maximum Gasteiger partial charge on any atom is 0.0850 e. The Morgan fingerprint density at radius 3 is 2.77 bits per heavy atom. The van der Waals surface area contributed by atoms with Gasteiger partial charge in [-0.3, -0.25) is 4.98 Å². The SMILES string of the molecule is Cc1nc2c(c(N)c1Cl)CCCC2. The second-order valence-corrected chi connectivity index (χ2v) is 3.94. The monoisotopic (exact) mass is 196 g/mol. The molecule has 0 amide bonds. The molecular formula is C10H13ClN2. The van der Waals surface area contributed by atoms with E-state index in [-0.39, 0.29) is 0 Å². The van der Waals surface area contributed by atoms with Gasteiger partial charge in [0.05, 0.1) is 16.4 Å². The van der Waals surface area contributed by atoms with E-state index in [2.05, 4.69) is 4.98 Å². The number of hydrogen-bond donors (Lipinski definition) is 1. The van der Waals surface area contributed by atoms with Crippen LogP contribution < -0.4 is 5.73 Å². The number of hydrogen-bond acceptors (Lipinski definition) is 2. The van der Waals surface area contributed by atoms with Crippen LogP contribution in [-0.4, -0.2) is 4.98 Å². The van der Waals surface area contributed by atoms with Gasteiger partial charge < -0.3 is 5.73 Å². The van der Waals surface area contributed by atoms with Crippen LogP contribution in [0.4, 0.5) is 5.69 Å². The van der Waals surface area contributed by atoms with Crippen LogP contribution in [0.5, 0.6) is 0 Å². The molecule has 0 radical (unpaired) electrons. The molecule has 1 aliphatic rings. The van der Waals surface area contributed by atoms with Crippen molar-refractivity contribution in [2.45, 2.75) is 32.6 Å². The lowest BCUT2D eigenvalue weighted by Crippen LogP contribution is -2.10. The number of aryl methyl sites for hydroxylation is 2. The molecule has 3 heteroatoms. The molecule has 0 atom stereocenters. The minimum absolute atomic E-state index is 0.639. The van der Waals surface area contributed by atoms with Gasteiger partial charge in [-0.05, 0) is 38.2 Å². The average molecular weight is 197 g/mol. The van der Waals surface area contributed by atoms with Crippen LogP contribution in [0.25, 0.3) is 0 Å². The Hall–Kier alpha value is -0.760. The number of nitrogens with two attached hydrogens (primary N) is 1. The number of nitrogens with zero attached hydrogens (tertiary/aromatic N) is 1. The molecule has 2 nitrogen and oxygen atoms in total. The molecule has 0 saturated carbocycles. The maximum atomic E-state index is 6.03. The van der Waals surface area contributed by atoms with E-state index in [0.29, 0.717) is 5.02 Å². The fraction of sp³-hybridized carbons (Fsp3) is 0.500. The van der Waals surface area contributed by atoms with Gasteiger partial charge in [-0.2, -0.15) is 0 Å². The van der Waals surface area contributed by atoms with Crippen molar-refractivity contribution in [2.24, 2.45) is 0 Å². The summed E-state index contributed by atoms with van der Waals surface area (Å²) in [6, 6.07) is 0.